The molecule has 0 aromatic heterocycles. The van der Waals surface area contributed by atoms with Gasteiger partial charge in [0, 0.05) is 39.0 Å². The third-order valence-electron chi connectivity index (χ3n) is 6.03. The summed E-state index contributed by atoms with van der Waals surface area (Å²) in [7, 11) is 0. The summed E-state index contributed by atoms with van der Waals surface area (Å²) in [4.78, 5) is 2.52. The van der Waals surface area contributed by atoms with Crippen LogP contribution in [0.15, 0.2) is 0 Å². The number of ether oxygens (including phenoxy) is 2. The number of aliphatic hydroxyl groups is 1. The maximum atomic E-state index is 11.1. The molecular weight excluding hydrogens is 254 g/mol. The maximum absolute atomic E-state index is 11.1. The van der Waals surface area contributed by atoms with E-state index in [1.807, 2.05) is 0 Å². The Balaban J connectivity index is 1.44. The van der Waals surface area contributed by atoms with Gasteiger partial charge in [-0.2, -0.15) is 0 Å². The van der Waals surface area contributed by atoms with Crippen molar-refractivity contribution in [2.75, 3.05) is 32.9 Å². The maximum Gasteiger partial charge on any atom is 0.0816 e. The molecule has 0 aromatic carbocycles. The van der Waals surface area contributed by atoms with Crippen LogP contribution in [0, 0.1) is 5.92 Å². The third kappa shape index (κ3) is 2.41. The molecule has 4 nitrogen and oxygen atoms in total. The van der Waals surface area contributed by atoms with Gasteiger partial charge in [-0.3, -0.25) is 4.90 Å². The van der Waals surface area contributed by atoms with Gasteiger partial charge in [-0.1, -0.05) is 0 Å². The molecule has 0 bridgehead atoms. The number of rotatable bonds is 2. The first-order valence-electron chi connectivity index (χ1n) is 8.37. The SMILES string of the molecule is OC1(C2CCOC3(CCOCC3)C2)CCN(C2CC2)C1. The first-order valence-corrected chi connectivity index (χ1v) is 8.37. The van der Waals surface area contributed by atoms with Crippen LogP contribution in [0.4, 0.5) is 0 Å². The Morgan fingerprint density at radius 1 is 1.00 bits per heavy atom. The molecule has 1 aliphatic carbocycles. The van der Waals surface area contributed by atoms with Gasteiger partial charge in [0.05, 0.1) is 11.2 Å². The summed E-state index contributed by atoms with van der Waals surface area (Å²) in [6.07, 6.45) is 7.71. The first kappa shape index (κ1) is 13.5. The number of hydrogen-bond donors (Lipinski definition) is 1. The van der Waals surface area contributed by atoms with Crippen molar-refractivity contribution in [3.05, 3.63) is 0 Å². The predicted molar refractivity (Wildman–Crippen MR) is 75.6 cm³/mol. The minimum absolute atomic E-state index is 0.00387. The standard InChI is InChI=1S/C16H27NO3/c18-16(4-7-17(12-16)14-1-2-14)13-3-8-20-15(11-13)5-9-19-10-6-15/h13-14,18H,1-12H2. The number of hydrogen-bond acceptors (Lipinski definition) is 4. The van der Waals surface area contributed by atoms with Crippen molar-refractivity contribution in [3.8, 4) is 0 Å². The summed E-state index contributed by atoms with van der Waals surface area (Å²) in [5, 5.41) is 11.1. The summed E-state index contributed by atoms with van der Waals surface area (Å²) in [6, 6.07) is 0.779. The summed E-state index contributed by atoms with van der Waals surface area (Å²) in [6.45, 7) is 4.44. The zero-order chi connectivity index (χ0) is 13.6. The molecule has 3 heterocycles. The van der Waals surface area contributed by atoms with E-state index < -0.39 is 5.60 Å². The zero-order valence-corrected chi connectivity index (χ0v) is 12.4. The first-order chi connectivity index (χ1) is 9.69. The van der Waals surface area contributed by atoms with Crippen LogP contribution < -0.4 is 0 Å². The van der Waals surface area contributed by atoms with Crippen molar-refractivity contribution < 1.29 is 14.6 Å². The molecule has 3 saturated heterocycles. The monoisotopic (exact) mass is 281 g/mol. The van der Waals surface area contributed by atoms with Crippen LogP contribution >= 0.6 is 0 Å². The van der Waals surface area contributed by atoms with Gasteiger partial charge in [-0.25, -0.2) is 0 Å². The second kappa shape index (κ2) is 4.94. The van der Waals surface area contributed by atoms with E-state index in [4.69, 9.17) is 9.47 Å². The van der Waals surface area contributed by atoms with Gasteiger partial charge in [0.25, 0.3) is 0 Å². The molecule has 2 unspecified atom stereocenters. The van der Waals surface area contributed by atoms with Crippen LogP contribution in [-0.4, -0.2) is 60.2 Å². The fourth-order valence-corrected chi connectivity index (χ4v) is 4.51. The molecule has 0 amide bonds. The van der Waals surface area contributed by atoms with Crippen LogP contribution in [0.2, 0.25) is 0 Å². The lowest BCUT2D eigenvalue weighted by molar-refractivity contribution is -0.173. The van der Waals surface area contributed by atoms with Crippen molar-refractivity contribution in [1.82, 2.24) is 4.90 Å². The van der Waals surface area contributed by atoms with Crippen molar-refractivity contribution >= 4 is 0 Å². The number of nitrogens with zero attached hydrogens (tertiary/aromatic N) is 1. The fraction of sp³-hybridized carbons (Fsp3) is 1.00. The molecule has 4 fully saturated rings. The summed E-state index contributed by atoms with van der Waals surface area (Å²) < 4.78 is 11.6. The summed E-state index contributed by atoms with van der Waals surface area (Å²) in [5.41, 5.74) is -0.457. The van der Waals surface area contributed by atoms with E-state index in [1.165, 1.54) is 12.8 Å². The van der Waals surface area contributed by atoms with Gasteiger partial charge in [-0.15, -0.1) is 0 Å². The molecule has 4 rings (SSSR count). The molecule has 20 heavy (non-hydrogen) atoms. The average Bonchev–Trinajstić information content (AvgIpc) is 3.23. The molecule has 0 radical (unpaired) electrons. The van der Waals surface area contributed by atoms with E-state index in [2.05, 4.69) is 4.90 Å². The normalized spacial score (nSPS) is 42.1. The summed E-state index contributed by atoms with van der Waals surface area (Å²) >= 11 is 0. The van der Waals surface area contributed by atoms with E-state index >= 15 is 0 Å². The van der Waals surface area contributed by atoms with Gasteiger partial charge in [-0.05, 0) is 50.9 Å². The van der Waals surface area contributed by atoms with Gasteiger partial charge in [0.2, 0.25) is 0 Å². The molecule has 114 valence electrons. The van der Waals surface area contributed by atoms with Gasteiger partial charge in [0.1, 0.15) is 0 Å². The Bertz CT molecular complexity index is 359. The van der Waals surface area contributed by atoms with Crippen molar-refractivity contribution in [3.63, 3.8) is 0 Å². The van der Waals surface area contributed by atoms with E-state index in [-0.39, 0.29) is 5.60 Å². The van der Waals surface area contributed by atoms with E-state index in [0.29, 0.717) is 5.92 Å². The van der Waals surface area contributed by atoms with Crippen molar-refractivity contribution in [2.45, 2.75) is 62.2 Å². The minimum atomic E-state index is -0.461. The molecule has 4 heteroatoms. The quantitative estimate of drug-likeness (QED) is 0.834. The Morgan fingerprint density at radius 2 is 1.80 bits per heavy atom. The highest BCUT2D eigenvalue weighted by atomic mass is 16.5. The highest BCUT2D eigenvalue weighted by molar-refractivity contribution is 5.03. The Kier molecular flexibility index (Phi) is 3.33. The Labute approximate surface area is 121 Å². The molecule has 4 aliphatic rings. The smallest absolute Gasteiger partial charge is 0.0816 e. The number of β-amino-alcohol motifs (C(OH)–C–C–N with tert-alkyl or cyclic N) is 1. The second-order valence-corrected chi connectivity index (χ2v) is 7.39. The highest BCUT2D eigenvalue weighted by Gasteiger charge is 2.50. The second-order valence-electron chi connectivity index (χ2n) is 7.39. The lowest BCUT2D eigenvalue weighted by Gasteiger charge is -2.47. The largest absolute Gasteiger partial charge is 0.388 e. The lowest BCUT2D eigenvalue weighted by atomic mass is 9.73. The molecule has 2 atom stereocenters. The van der Waals surface area contributed by atoms with Gasteiger partial charge in [0.15, 0.2) is 0 Å². The van der Waals surface area contributed by atoms with Crippen LogP contribution in [0.25, 0.3) is 0 Å². The van der Waals surface area contributed by atoms with Crippen LogP contribution in [0.5, 0.6) is 0 Å². The van der Waals surface area contributed by atoms with E-state index in [1.54, 1.807) is 0 Å². The van der Waals surface area contributed by atoms with Crippen LogP contribution in [-0.2, 0) is 9.47 Å². The molecule has 1 saturated carbocycles. The molecular formula is C16H27NO3. The summed E-state index contributed by atoms with van der Waals surface area (Å²) in [5.74, 6) is 0.415. The number of likely N-dealkylation sites (tertiary alicyclic amines) is 1. The molecule has 1 N–H and O–H groups in total. The lowest BCUT2D eigenvalue weighted by Crippen LogP contribution is -2.51. The van der Waals surface area contributed by atoms with Crippen molar-refractivity contribution in [1.29, 1.82) is 0 Å². The zero-order valence-electron chi connectivity index (χ0n) is 12.4. The third-order valence-corrected chi connectivity index (χ3v) is 6.03. The van der Waals surface area contributed by atoms with E-state index in [9.17, 15) is 5.11 Å². The Morgan fingerprint density at radius 3 is 2.55 bits per heavy atom. The van der Waals surface area contributed by atoms with Crippen LogP contribution in [0.1, 0.15) is 44.9 Å². The molecule has 1 spiro atoms. The Hall–Kier alpha value is -0.160. The molecule has 0 aromatic rings. The minimum Gasteiger partial charge on any atom is -0.388 e. The molecule has 3 aliphatic heterocycles. The highest BCUT2D eigenvalue weighted by Crippen LogP contribution is 2.45. The van der Waals surface area contributed by atoms with Gasteiger partial charge >= 0.3 is 0 Å². The fourth-order valence-electron chi connectivity index (χ4n) is 4.51. The van der Waals surface area contributed by atoms with E-state index in [0.717, 1.165) is 71.1 Å². The van der Waals surface area contributed by atoms with Gasteiger partial charge < -0.3 is 14.6 Å². The topological polar surface area (TPSA) is 41.9 Å². The van der Waals surface area contributed by atoms with Crippen molar-refractivity contribution in [2.24, 2.45) is 5.92 Å². The predicted octanol–water partition coefficient (Wildman–Crippen LogP) is 1.56. The average molecular weight is 281 g/mol. The van der Waals surface area contributed by atoms with Crippen LogP contribution in [0.3, 0.4) is 0 Å².